The number of amides is 1. The molecule has 3 rings (SSSR count). The minimum atomic E-state index is -4.06. The van der Waals surface area contributed by atoms with E-state index in [9.17, 15) is 22.8 Å². The first-order valence-corrected chi connectivity index (χ1v) is 10.1. The molecule has 1 amide bonds. The zero-order chi connectivity index (χ0) is 18.9. The fraction of sp³-hybridized carbons (Fsp3) is 0.429. The number of nitrogens with one attached hydrogen (secondary N) is 3. The first-order valence-electron chi connectivity index (χ1n) is 7.82. The van der Waals surface area contributed by atoms with Crippen LogP contribution in [0.3, 0.4) is 0 Å². The number of hydrogen-bond acceptors (Lipinski definition) is 7. The summed E-state index contributed by atoms with van der Waals surface area (Å²) in [5, 5.41) is 4.95. The average Bonchev–Trinajstić information content (AvgIpc) is 3.06. The van der Waals surface area contributed by atoms with E-state index in [1.54, 1.807) is 11.6 Å². The first-order chi connectivity index (χ1) is 12.3. The lowest BCUT2D eigenvalue weighted by atomic mass is 9.97. The number of thiazole rings is 1. The number of rotatable bonds is 4. The molecule has 0 aliphatic carbocycles. The molecular weight excluding hydrogens is 382 g/mol. The molecule has 0 unspecified atom stereocenters. The molecule has 26 heavy (non-hydrogen) atoms. The Morgan fingerprint density at radius 2 is 2.00 bits per heavy atom. The van der Waals surface area contributed by atoms with Crippen molar-refractivity contribution < 1.29 is 13.2 Å². The van der Waals surface area contributed by atoms with Crippen LogP contribution in [-0.4, -0.2) is 46.7 Å². The first kappa shape index (κ1) is 18.5. The Morgan fingerprint density at radius 3 is 2.58 bits per heavy atom. The van der Waals surface area contributed by atoms with Crippen molar-refractivity contribution in [3.05, 3.63) is 38.1 Å². The molecule has 3 N–H and O–H groups in total. The maximum absolute atomic E-state index is 12.7. The molecule has 0 spiro atoms. The molecule has 0 aromatic carbocycles. The second-order valence-electron chi connectivity index (χ2n) is 5.87. The lowest BCUT2D eigenvalue weighted by Crippen LogP contribution is -2.44. The van der Waals surface area contributed by atoms with Crippen LogP contribution >= 0.6 is 11.3 Å². The number of aryl methyl sites for hydroxylation is 1. The molecule has 1 aliphatic heterocycles. The summed E-state index contributed by atoms with van der Waals surface area (Å²) in [4.78, 5) is 43.2. The Hall–Kier alpha value is -2.31. The maximum atomic E-state index is 12.7. The molecule has 2 aromatic heterocycles. The van der Waals surface area contributed by atoms with Crippen LogP contribution in [0, 0.1) is 12.8 Å². The second-order valence-corrected chi connectivity index (χ2v) is 8.64. The smallest absolute Gasteiger partial charge is 0.310 e. The van der Waals surface area contributed by atoms with Crippen molar-refractivity contribution in [1.29, 1.82) is 0 Å². The second kappa shape index (κ2) is 7.13. The summed E-state index contributed by atoms with van der Waals surface area (Å²) < 4.78 is 26.7. The van der Waals surface area contributed by atoms with Crippen LogP contribution in [0.5, 0.6) is 0 Å². The topological polar surface area (TPSA) is 145 Å². The van der Waals surface area contributed by atoms with Crippen LogP contribution in [0.25, 0.3) is 0 Å². The number of carbonyl (C=O) groups excluding carboxylic acids is 1. The van der Waals surface area contributed by atoms with Gasteiger partial charge in [-0.05, 0) is 19.8 Å². The number of sulfonamides is 1. The number of hydrogen-bond donors (Lipinski definition) is 3. The van der Waals surface area contributed by atoms with Crippen LogP contribution in [0.1, 0.15) is 18.5 Å². The predicted octanol–water partition coefficient (Wildman–Crippen LogP) is -0.132. The van der Waals surface area contributed by atoms with Crippen LogP contribution in [0.15, 0.2) is 26.1 Å². The van der Waals surface area contributed by atoms with E-state index < -0.39 is 26.2 Å². The Labute approximate surface area is 152 Å². The number of piperidine rings is 1. The van der Waals surface area contributed by atoms with Gasteiger partial charge in [0.25, 0.3) is 5.56 Å². The van der Waals surface area contributed by atoms with Crippen molar-refractivity contribution in [2.45, 2.75) is 24.7 Å². The molecule has 0 saturated carbocycles. The van der Waals surface area contributed by atoms with Crippen molar-refractivity contribution in [2.24, 2.45) is 5.92 Å². The molecule has 1 aliphatic rings. The third kappa shape index (κ3) is 3.61. The highest BCUT2D eigenvalue weighted by molar-refractivity contribution is 7.89. The van der Waals surface area contributed by atoms with E-state index in [0.29, 0.717) is 18.0 Å². The van der Waals surface area contributed by atoms with Gasteiger partial charge in [-0.15, -0.1) is 11.3 Å². The quantitative estimate of drug-likeness (QED) is 0.653. The van der Waals surface area contributed by atoms with E-state index in [1.165, 1.54) is 18.3 Å². The molecule has 0 radical (unpaired) electrons. The maximum Gasteiger partial charge on any atom is 0.325 e. The molecule has 0 bridgehead atoms. The molecule has 12 heteroatoms. The molecule has 0 atom stereocenters. The van der Waals surface area contributed by atoms with Gasteiger partial charge in [-0.25, -0.2) is 18.2 Å². The van der Waals surface area contributed by atoms with Gasteiger partial charge in [0.2, 0.25) is 15.9 Å². The summed E-state index contributed by atoms with van der Waals surface area (Å²) in [7, 11) is -4.06. The highest BCUT2D eigenvalue weighted by atomic mass is 32.2. The predicted molar refractivity (Wildman–Crippen MR) is 94.6 cm³/mol. The number of aromatic amines is 2. The third-order valence-corrected chi connectivity index (χ3v) is 6.90. The summed E-state index contributed by atoms with van der Waals surface area (Å²) in [5.41, 5.74) is -1.72. The number of H-pyrrole nitrogens is 2. The van der Waals surface area contributed by atoms with Gasteiger partial charge in [0.15, 0.2) is 10.0 Å². The van der Waals surface area contributed by atoms with Crippen molar-refractivity contribution in [3.8, 4) is 0 Å². The van der Waals surface area contributed by atoms with Gasteiger partial charge in [-0.2, -0.15) is 4.31 Å². The largest absolute Gasteiger partial charge is 0.325 e. The Morgan fingerprint density at radius 1 is 1.31 bits per heavy atom. The number of aromatic nitrogens is 3. The zero-order valence-corrected chi connectivity index (χ0v) is 15.4. The normalized spacial score (nSPS) is 16.5. The van der Waals surface area contributed by atoms with E-state index in [0.717, 1.165) is 4.31 Å². The van der Waals surface area contributed by atoms with Gasteiger partial charge in [0, 0.05) is 36.3 Å². The monoisotopic (exact) mass is 399 g/mol. The summed E-state index contributed by atoms with van der Waals surface area (Å²) >= 11 is 1.31. The molecule has 2 aromatic rings. The van der Waals surface area contributed by atoms with Crippen LogP contribution < -0.4 is 16.6 Å². The van der Waals surface area contributed by atoms with Crippen molar-refractivity contribution >= 4 is 32.4 Å². The fourth-order valence-corrected chi connectivity index (χ4v) is 5.08. The summed E-state index contributed by atoms with van der Waals surface area (Å²) in [6, 6.07) is 0. The van der Waals surface area contributed by atoms with Gasteiger partial charge in [-0.1, -0.05) is 0 Å². The molecule has 1 saturated heterocycles. The van der Waals surface area contributed by atoms with Crippen LogP contribution in [-0.2, 0) is 14.8 Å². The van der Waals surface area contributed by atoms with Gasteiger partial charge >= 0.3 is 5.69 Å². The average molecular weight is 399 g/mol. The number of anilines is 1. The lowest BCUT2D eigenvalue weighted by molar-refractivity contribution is -0.120. The Bertz CT molecular complexity index is 1020. The molecular formula is C14H17N5O5S2. The highest BCUT2D eigenvalue weighted by Gasteiger charge is 2.34. The van der Waals surface area contributed by atoms with Crippen molar-refractivity contribution in [3.63, 3.8) is 0 Å². The molecule has 3 heterocycles. The number of carbonyl (C=O) groups is 1. The summed E-state index contributed by atoms with van der Waals surface area (Å²) in [6.07, 6.45) is 2.24. The molecule has 140 valence electrons. The minimum absolute atomic E-state index is 0.0117. The van der Waals surface area contributed by atoms with E-state index in [1.807, 2.05) is 4.98 Å². The standard InChI is InChI=1S/C14H17N5O5S2/c1-8-10(12(21)17-13(22)16-8)26(23,24)19-5-2-9(3-6-19)11(20)18-14-15-4-7-25-14/h4,7,9H,2-3,5-6H2,1H3,(H,15,18,20)(H2,16,17,21,22). The molecule has 10 nitrogen and oxygen atoms in total. The van der Waals surface area contributed by atoms with E-state index in [2.05, 4.69) is 15.3 Å². The van der Waals surface area contributed by atoms with Crippen molar-refractivity contribution in [2.75, 3.05) is 18.4 Å². The third-order valence-electron chi connectivity index (χ3n) is 4.16. The highest BCUT2D eigenvalue weighted by Crippen LogP contribution is 2.24. The Balaban J connectivity index is 1.72. The Kier molecular flexibility index (Phi) is 5.07. The minimum Gasteiger partial charge on any atom is -0.310 e. The van der Waals surface area contributed by atoms with Gasteiger partial charge in [0.1, 0.15) is 0 Å². The number of nitrogens with zero attached hydrogens (tertiary/aromatic N) is 2. The van der Waals surface area contributed by atoms with Crippen molar-refractivity contribution in [1.82, 2.24) is 19.3 Å². The van der Waals surface area contributed by atoms with E-state index in [-0.39, 0.29) is 30.6 Å². The SMILES string of the molecule is Cc1[nH]c(=O)[nH]c(=O)c1S(=O)(=O)N1CCC(C(=O)Nc2nccs2)CC1. The van der Waals surface area contributed by atoms with Crippen LogP contribution in [0.2, 0.25) is 0 Å². The van der Waals surface area contributed by atoms with E-state index in [4.69, 9.17) is 0 Å². The van der Waals surface area contributed by atoms with Crippen LogP contribution in [0.4, 0.5) is 5.13 Å². The van der Waals surface area contributed by atoms with E-state index >= 15 is 0 Å². The summed E-state index contributed by atoms with van der Waals surface area (Å²) in [5.74, 6) is -0.532. The lowest BCUT2D eigenvalue weighted by Gasteiger charge is -2.30. The van der Waals surface area contributed by atoms with Gasteiger partial charge in [-0.3, -0.25) is 14.6 Å². The summed E-state index contributed by atoms with van der Waals surface area (Å²) in [6.45, 7) is 1.57. The molecule has 1 fully saturated rings. The fourth-order valence-electron chi connectivity index (χ4n) is 2.88. The zero-order valence-electron chi connectivity index (χ0n) is 13.8. The van der Waals surface area contributed by atoms with Gasteiger partial charge in [0.05, 0.1) is 0 Å². The van der Waals surface area contributed by atoms with Gasteiger partial charge < -0.3 is 10.3 Å².